The van der Waals surface area contributed by atoms with E-state index in [1.165, 1.54) is 17.8 Å². The first-order chi connectivity index (χ1) is 11.1. The smallest absolute Gasteiger partial charge is 0.262 e. The summed E-state index contributed by atoms with van der Waals surface area (Å²) in [5, 5.41) is 16.3. The number of nitrogens with one attached hydrogen (secondary N) is 2. The SMILES string of the molecule is N#CCNC(=O)C(CNC(=O)c1sccc1Cl)C1CCCCC1. The van der Waals surface area contributed by atoms with Crippen molar-refractivity contribution in [1.29, 1.82) is 5.26 Å². The molecular weight excluding hydrogens is 334 g/mol. The second kappa shape index (κ2) is 8.90. The topological polar surface area (TPSA) is 82.0 Å². The summed E-state index contributed by atoms with van der Waals surface area (Å²) in [4.78, 5) is 25.0. The fourth-order valence-electron chi connectivity index (χ4n) is 3.01. The summed E-state index contributed by atoms with van der Waals surface area (Å²) in [6.07, 6.45) is 5.38. The molecule has 1 unspecified atom stereocenters. The number of hydrogen-bond acceptors (Lipinski definition) is 4. The third kappa shape index (κ3) is 4.95. The van der Waals surface area contributed by atoms with E-state index in [4.69, 9.17) is 16.9 Å². The number of carbonyl (C=O) groups excluding carboxylic acids is 2. The molecule has 1 aromatic rings. The van der Waals surface area contributed by atoms with Crippen molar-refractivity contribution in [2.24, 2.45) is 11.8 Å². The van der Waals surface area contributed by atoms with Crippen LogP contribution in [0.3, 0.4) is 0 Å². The average Bonchev–Trinajstić information content (AvgIpc) is 3.00. The van der Waals surface area contributed by atoms with E-state index in [9.17, 15) is 9.59 Å². The van der Waals surface area contributed by atoms with Crippen molar-refractivity contribution in [3.63, 3.8) is 0 Å². The fourth-order valence-corrected chi connectivity index (χ4v) is 4.06. The van der Waals surface area contributed by atoms with Crippen LogP contribution in [-0.2, 0) is 4.79 Å². The van der Waals surface area contributed by atoms with Gasteiger partial charge in [-0.25, -0.2) is 0 Å². The van der Waals surface area contributed by atoms with Crippen molar-refractivity contribution in [2.75, 3.05) is 13.1 Å². The Morgan fingerprint density at radius 1 is 1.35 bits per heavy atom. The summed E-state index contributed by atoms with van der Waals surface area (Å²) in [6.45, 7) is 0.266. The van der Waals surface area contributed by atoms with Gasteiger partial charge in [-0.2, -0.15) is 5.26 Å². The number of hydrogen-bond donors (Lipinski definition) is 2. The Balaban J connectivity index is 1.99. The molecule has 0 saturated heterocycles. The molecule has 0 bridgehead atoms. The van der Waals surface area contributed by atoms with Gasteiger partial charge in [-0.15, -0.1) is 11.3 Å². The molecule has 23 heavy (non-hydrogen) atoms. The van der Waals surface area contributed by atoms with Crippen LogP contribution in [0.5, 0.6) is 0 Å². The summed E-state index contributed by atoms with van der Waals surface area (Å²) < 4.78 is 0. The largest absolute Gasteiger partial charge is 0.350 e. The maximum absolute atomic E-state index is 12.3. The summed E-state index contributed by atoms with van der Waals surface area (Å²) in [5.41, 5.74) is 0. The maximum atomic E-state index is 12.3. The van der Waals surface area contributed by atoms with Gasteiger partial charge in [-0.1, -0.05) is 30.9 Å². The van der Waals surface area contributed by atoms with Crippen molar-refractivity contribution < 1.29 is 9.59 Å². The average molecular weight is 354 g/mol. The second-order valence-corrected chi connectivity index (χ2v) is 7.01. The predicted molar refractivity (Wildman–Crippen MR) is 90.3 cm³/mol. The Bertz CT molecular complexity index is 590. The van der Waals surface area contributed by atoms with Crippen molar-refractivity contribution in [3.8, 4) is 6.07 Å². The molecule has 0 aliphatic heterocycles. The summed E-state index contributed by atoms with van der Waals surface area (Å²) in [7, 11) is 0. The summed E-state index contributed by atoms with van der Waals surface area (Å²) in [5.74, 6) is -0.456. The lowest BCUT2D eigenvalue weighted by molar-refractivity contribution is -0.126. The molecule has 1 aromatic heterocycles. The maximum Gasteiger partial charge on any atom is 0.262 e. The molecule has 0 radical (unpaired) electrons. The minimum Gasteiger partial charge on any atom is -0.350 e. The highest BCUT2D eigenvalue weighted by Crippen LogP contribution is 2.30. The van der Waals surface area contributed by atoms with Gasteiger partial charge in [0.25, 0.3) is 5.91 Å². The third-order valence-corrected chi connectivity index (χ3v) is 5.54. The first kappa shape index (κ1) is 17.8. The molecular formula is C16H20ClN3O2S. The molecule has 2 rings (SSSR count). The van der Waals surface area contributed by atoms with Crippen LogP contribution in [0, 0.1) is 23.2 Å². The molecule has 1 atom stereocenters. The highest BCUT2D eigenvalue weighted by molar-refractivity contribution is 7.12. The lowest BCUT2D eigenvalue weighted by atomic mass is 9.79. The molecule has 7 heteroatoms. The van der Waals surface area contributed by atoms with E-state index in [2.05, 4.69) is 10.6 Å². The minimum absolute atomic E-state index is 0.00719. The Labute approximate surface area is 145 Å². The number of carbonyl (C=O) groups is 2. The van der Waals surface area contributed by atoms with Gasteiger partial charge in [0.1, 0.15) is 11.4 Å². The highest BCUT2D eigenvalue weighted by Gasteiger charge is 2.30. The normalized spacial score (nSPS) is 16.3. The monoisotopic (exact) mass is 353 g/mol. The van der Waals surface area contributed by atoms with Gasteiger partial charge in [-0.05, 0) is 30.2 Å². The molecule has 1 aliphatic carbocycles. The zero-order chi connectivity index (χ0) is 16.7. The van der Waals surface area contributed by atoms with E-state index in [0.717, 1.165) is 25.7 Å². The lowest BCUT2D eigenvalue weighted by Crippen LogP contribution is -2.43. The highest BCUT2D eigenvalue weighted by atomic mass is 35.5. The number of halogens is 1. The van der Waals surface area contributed by atoms with Crippen LogP contribution in [0.4, 0.5) is 0 Å². The van der Waals surface area contributed by atoms with E-state index in [-0.39, 0.29) is 36.7 Å². The Morgan fingerprint density at radius 2 is 2.09 bits per heavy atom. The molecule has 2 N–H and O–H groups in total. The Kier molecular flexibility index (Phi) is 6.87. The molecule has 0 aromatic carbocycles. The number of amides is 2. The van der Waals surface area contributed by atoms with E-state index < -0.39 is 0 Å². The number of rotatable bonds is 6. The molecule has 1 heterocycles. The second-order valence-electron chi connectivity index (χ2n) is 5.69. The van der Waals surface area contributed by atoms with Crippen LogP contribution in [0.2, 0.25) is 5.02 Å². The minimum atomic E-state index is -0.300. The van der Waals surface area contributed by atoms with Crippen LogP contribution in [0.15, 0.2) is 11.4 Å². The molecule has 1 saturated carbocycles. The molecule has 5 nitrogen and oxygen atoms in total. The Hall–Kier alpha value is -1.58. The van der Waals surface area contributed by atoms with E-state index >= 15 is 0 Å². The van der Waals surface area contributed by atoms with Gasteiger partial charge >= 0.3 is 0 Å². The van der Waals surface area contributed by atoms with Crippen molar-refractivity contribution in [3.05, 3.63) is 21.3 Å². The number of nitriles is 1. The first-order valence-corrected chi connectivity index (χ1v) is 9.05. The zero-order valence-corrected chi connectivity index (χ0v) is 14.4. The van der Waals surface area contributed by atoms with Crippen LogP contribution in [0.1, 0.15) is 41.8 Å². The molecule has 1 aliphatic rings. The fraction of sp³-hybridized carbons (Fsp3) is 0.562. The first-order valence-electron chi connectivity index (χ1n) is 7.79. The lowest BCUT2D eigenvalue weighted by Gasteiger charge is -2.29. The standard InChI is InChI=1S/C16H20ClN3O2S/c17-13-6-9-23-14(13)16(22)20-10-12(15(21)19-8-7-18)11-4-2-1-3-5-11/h6,9,11-12H,1-5,8,10H2,(H,19,21)(H,20,22). The van der Waals surface area contributed by atoms with Gasteiger partial charge in [0.15, 0.2) is 0 Å². The predicted octanol–water partition coefficient (Wildman–Crippen LogP) is 2.97. The van der Waals surface area contributed by atoms with E-state index in [1.54, 1.807) is 11.4 Å². The van der Waals surface area contributed by atoms with Crippen molar-refractivity contribution >= 4 is 34.8 Å². The van der Waals surface area contributed by atoms with Gasteiger partial charge in [-0.3, -0.25) is 9.59 Å². The molecule has 1 fully saturated rings. The van der Waals surface area contributed by atoms with Crippen LogP contribution >= 0.6 is 22.9 Å². The van der Waals surface area contributed by atoms with Crippen LogP contribution in [0.25, 0.3) is 0 Å². The van der Waals surface area contributed by atoms with E-state index in [1.807, 2.05) is 6.07 Å². The summed E-state index contributed by atoms with van der Waals surface area (Å²) >= 11 is 7.24. The summed E-state index contributed by atoms with van der Waals surface area (Å²) in [6, 6.07) is 3.60. The molecule has 124 valence electrons. The third-order valence-electron chi connectivity index (χ3n) is 4.20. The number of thiophene rings is 1. The van der Waals surface area contributed by atoms with Crippen LogP contribution in [-0.4, -0.2) is 24.9 Å². The quantitative estimate of drug-likeness (QED) is 0.771. The number of nitrogens with zero attached hydrogens (tertiary/aromatic N) is 1. The molecule has 0 spiro atoms. The van der Waals surface area contributed by atoms with Gasteiger partial charge < -0.3 is 10.6 Å². The zero-order valence-electron chi connectivity index (χ0n) is 12.8. The van der Waals surface area contributed by atoms with Crippen molar-refractivity contribution in [2.45, 2.75) is 32.1 Å². The van der Waals surface area contributed by atoms with Crippen LogP contribution < -0.4 is 10.6 Å². The van der Waals surface area contributed by atoms with Crippen molar-refractivity contribution in [1.82, 2.24) is 10.6 Å². The van der Waals surface area contributed by atoms with E-state index in [0.29, 0.717) is 9.90 Å². The Morgan fingerprint density at radius 3 is 2.70 bits per heavy atom. The van der Waals surface area contributed by atoms with Gasteiger partial charge in [0, 0.05) is 6.54 Å². The van der Waals surface area contributed by atoms with Gasteiger partial charge in [0.05, 0.1) is 17.0 Å². The van der Waals surface area contributed by atoms with Gasteiger partial charge in [0.2, 0.25) is 5.91 Å². The molecule has 2 amide bonds.